The Morgan fingerprint density at radius 2 is 2.03 bits per heavy atom. The zero-order valence-corrected chi connectivity index (χ0v) is 22.4. The van der Waals surface area contributed by atoms with Crippen molar-refractivity contribution in [3.8, 4) is 5.75 Å². The number of benzene rings is 1. The van der Waals surface area contributed by atoms with E-state index in [0.29, 0.717) is 18.6 Å². The van der Waals surface area contributed by atoms with E-state index >= 15 is 0 Å². The molecule has 32 heavy (non-hydrogen) atoms. The predicted octanol–water partition coefficient (Wildman–Crippen LogP) is 4.82. The van der Waals surface area contributed by atoms with Crippen LogP contribution in [0.1, 0.15) is 63.5 Å². The lowest BCUT2D eigenvalue weighted by molar-refractivity contribution is 0.105. The fourth-order valence-corrected chi connectivity index (χ4v) is 4.54. The third kappa shape index (κ3) is 8.37. The lowest BCUT2D eigenvalue weighted by Gasteiger charge is -2.30. The summed E-state index contributed by atoms with van der Waals surface area (Å²) in [5.74, 6) is 1.81. The fourth-order valence-electron chi connectivity index (χ4n) is 4.54. The van der Waals surface area contributed by atoms with E-state index in [1.54, 1.807) is 0 Å². The number of aliphatic imine (C=N–C) groups is 1. The van der Waals surface area contributed by atoms with E-state index < -0.39 is 0 Å². The first kappa shape index (κ1) is 27.2. The van der Waals surface area contributed by atoms with Crippen LogP contribution in [-0.4, -0.2) is 51.6 Å². The molecule has 1 aliphatic heterocycles. The number of nitrogens with one attached hydrogen (secondary N) is 2. The van der Waals surface area contributed by atoms with E-state index in [-0.39, 0.29) is 30.1 Å². The van der Waals surface area contributed by atoms with Crippen molar-refractivity contribution < 1.29 is 14.2 Å². The summed E-state index contributed by atoms with van der Waals surface area (Å²) in [7, 11) is 0. The second-order valence-corrected chi connectivity index (χ2v) is 8.92. The van der Waals surface area contributed by atoms with E-state index in [9.17, 15) is 0 Å². The van der Waals surface area contributed by atoms with Gasteiger partial charge >= 0.3 is 0 Å². The van der Waals surface area contributed by atoms with Crippen molar-refractivity contribution in [2.75, 3.05) is 39.5 Å². The summed E-state index contributed by atoms with van der Waals surface area (Å²) >= 11 is 0. The molecular weight excluding hydrogens is 517 g/mol. The molecule has 6 nitrogen and oxygen atoms in total. The number of hydrogen-bond acceptors (Lipinski definition) is 4. The van der Waals surface area contributed by atoms with Gasteiger partial charge in [-0.05, 0) is 57.1 Å². The molecule has 1 unspecified atom stereocenters. The molecule has 2 N–H and O–H groups in total. The van der Waals surface area contributed by atoms with Crippen LogP contribution >= 0.6 is 24.0 Å². The highest BCUT2D eigenvalue weighted by Gasteiger charge is 2.33. The molecule has 2 fully saturated rings. The zero-order chi connectivity index (χ0) is 21.9. The monoisotopic (exact) mass is 559 g/mol. The molecule has 3 rings (SSSR count). The van der Waals surface area contributed by atoms with Gasteiger partial charge in [0.25, 0.3) is 0 Å². The highest BCUT2D eigenvalue weighted by atomic mass is 127. The van der Waals surface area contributed by atoms with Gasteiger partial charge in [-0.3, -0.25) is 0 Å². The SMILES string of the molecule is CCNC(=NCc1ccc(C)cc1OC1CCOC1)NCC1(CCOCC)CCCC1.I. The molecule has 1 heterocycles. The molecule has 0 bridgehead atoms. The number of halogens is 1. The maximum absolute atomic E-state index is 6.24. The third-order valence-corrected chi connectivity index (χ3v) is 6.43. The Kier molecular flexibility index (Phi) is 12.1. The summed E-state index contributed by atoms with van der Waals surface area (Å²) in [6, 6.07) is 6.38. The van der Waals surface area contributed by atoms with Crippen molar-refractivity contribution in [2.24, 2.45) is 10.4 Å². The average molecular weight is 560 g/mol. The molecule has 0 aromatic heterocycles. The van der Waals surface area contributed by atoms with Gasteiger partial charge in [0.2, 0.25) is 0 Å². The molecule has 0 radical (unpaired) electrons. The average Bonchev–Trinajstić information content (AvgIpc) is 3.44. The van der Waals surface area contributed by atoms with E-state index in [1.165, 1.54) is 31.2 Å². The maximum atomic E-state index is 6.24. The second-order valence-electron chi connectivity index (χ2n) is 8.92. The lowest BCUT2D eigenvalue weighted by atomic mass is 9.83. The highest BCUT2D eigenvalue weighted by Crippen LogP contribution is 2.40. The van der Waals surface area contributed by atoms with Crippen LogP contribution in [0.15, 0.2) is 23.2 Å². The number of aryl methyl sites for hydroxylation is 1. The Hall–Kier alpha value is -1.06. The molecule has 182 valence electrons. The fraction of sp³-hybridized carbons (Fsp3) is 0.720. The van der Waals surface area contributed by atoms with Crippen molar-refractivity contribution in [3.63, 3.8) is 0 Å². The van der Waals surface area contributed by atoms with Gasteiger partial charge in [-0.15, -0.1) is 24.0 Å². The van der Waals surface area contributed by atoms with Gasteiger partial charge in [0.05, 0.1) is 19.8 Å². The van der Waals surface area contributed by atoms with Crippen LogP contribution in [0, 0.1) is 12.3 Å². The summed E-state index contributed by atoms with van der Waals surface area (Å²) in [4.78, 5) is 4.89. The van der Waals surface area contributed by atoms with Crippen molar-refractivity contribution in [3.05, 3.63) is 29.3 Å². The maximum Gasteiger partial charge on any atom is 0.191 e. The van der Waals surface area contributed by atoms with Crippen LogP contribution in [0.5, 0.6) is 5.75 Å². The minimum Gasteiger partial charge on any atom is -0.488 e. The van der Waals surface area contributed by atoms with Gasteiger partial charge in [-0.2, -0.15) is 0 Å². The molecular formula is C25H42IN3O3. The van der Waals surface area contributed by atoms with Gasteiger partial charge < -0.3 is 24.8 Å². The number of rotatable bonds is 11. The van der Waals surface area contributed by atoms with Gasteiger partial charge in [0, 0.05) is 38.3 Å². The molecule has 1 saturated heterocycles. The number of hydrogen-bond donors (Lipinski definition) is 2. The van der Waals surface area contributed by atoms with Gasteiger partial charge in [-0.25, -0.2) is 4.99 Å². The number of guanidine groups is 1. The zero-order valence-electron chi connectivity index (χ0n) is 20.1. The normalized spacial score (nSPS) is 20.1. The Morgan fingerprint density at radius 1 is 1.22 bits per heavy atom. The van der Waals surface area contributed by atoms with Crippen LogP contribution in [0.2, 0.25) is 0 Å². The highest BCUT2D eigenvalue weighted by molar-refractivity contribution is 14.0. The number of nitrogens with zero attached hydrogens (tertiary/aromatic N) is 1. The van der Waals surface area contributed by atoms with Gasteiger partial charge in [-0.1, -0.05) is 25.0 Å². The summed E-state index contributed by atoms with van der Waals surface area (Å²) in [6.45, 7) is 11.7. The first-order valence-corrected chi connectivity index (χ1v) is 12.1. The summed E-state index contributed by atoms with van der Waals surface area (Å²) in [5.41, 5.74) is 2.64. The van der Waals surface area contributed by atoms with Crippen LogP contribution < -0.4 is 15.4 Å². The van der Waals surface area contributed by atoms with Gasteiger partial charge in [0.1, 0.15) is 11.9 Å². The summed E-state index contributed by atoms with van der Waals surface area (Å²) in [5, 5.41) is 7.04. The largest absolute Gasteiger partial charge is 0.488 e. The van der Waals surface area contributed by atoms with E-state index in [2.05, 4.69) is 49.6 Å². The van der Waals surface area contributed by atoms with Crippen LogP contribution in [-0.2, 0) is 16.0 Å². The van der Waals surface area contributed by atoms with Crippen LogP contribution in [0.3, 0.4) is 0 Å². The molecule has 2 aliphatic rings. The summed E-state index contributed by atoms with van der Waals surface area (Å²) in [6.07, 6.45) is 7.38. The van der Waals surface area contributed by atoms with Crippen LogP contribution in [0.4, 0.5) is 0 Å². The minimum absolute atomic E-state index is 0. The van der Waals surface area contributed by atoms with Gasteiger partial charge in [0.15, 0.2) is 5.96 Å². The smallest absolute Gasteiger partial charge is 0.191 e. The van der Waals surface area contributed by atoms with Crippen molar-refractivity contribution in [1.82, 2.24) is 10.6 Å². The molecule has 1 aromatic carbocycles. The van der Waals surface area contributed by atoms with Crippen molar-refractivity contribution in [2.45, 2.75) is 71.9 Å². The van der Waals surface area contributed by atoms with Crippen molar-refractivity contribution >= 4 is 29.9 Å². The molecule has 0 spiro atoms. The van der Waals surface area contributed by atoms with Crippen molar-refractivity contribution in [1.29, 1.82) is 0 Å². The molecule has 1 saturated carbocycles. The Balaban J connectivity index is 0.00000363. The molecule has 1 atom stereocenters. The summed E-state index contributed by atoms with van der Waals surface area (Å²) < 4.78 is 17.4. The first-order chi connectivity index (χ1) is 15.1. The van der Waals surface area contributed by atoms with E-state index in [1.807, 2.05) is 0 Å². The van der Waals surface area contributed by atoms with Crippen LogP contribution in [0.25, 0.3) is 0 Å². The molecule has 0 amide bonds. The molecule has 1 aliphatic carbocycles. The Labute approximate surface area is 211 Å². The van der Waals surface area contributed by atoms with E-state index in [4.69, 9.17) is 19.2 Å². The Morgan fingerprint density at radius 3 is 2.72 bits per heavy atom. The topological polar surface area (TPSA) is 64.1 Å². The standard InChI is InChI=1S/C25H41N3O3.HI/c1-4-26-24(28-19-25(11-6-7-12-25)13-15-29-5-2)27-17-21-9-8-20(3)16-23(21)31-22-10-14-30-18-22;/h8-9,16,22H,4-7,10-15,17-19H2,1-3H3,(H2,26,27,28);1H. The number of ether oxygens (including phenoxy) is 3. The molecule has 7 heteroatoms. The predicted molar refractivity (Wildman–Crippen MR) is 141 cm³/mol. The Bertz CT molecular complexity index is 702. The molecule has 1 aromatic rings. The van der Waals surface area contributed by atoms with E-state index in [0.717, 1.165) is 63.0 Å². The minimum atomic E-state index is 0. The second kappa shape index (κ2) is 14.3. The third-order valence-electron chi connectivity index (χ3n) is 6.43. The lowest BCUT2D eigenvalue weighted by Crippen LogP contribution is -2.43. The quantitative estimate of drug-likeness (QED) is 0.176. The first-order valence-electron chi connectivity index (χ1n) is 12.1.